The van der Waals surface area contributed by atoms with Gasteiger partial charge in [-0.05, 0) is 42.4 Å². The summed E-state index contributed by atoms with van der Waals surface area (Å²) >= 11 is 0. The number of rotatable bonds is 4. The van der Waals surface area contributed by atoms with Gasteiger partial charge in [-0.25, -0.2) is 0 Å². The van der Waals surface area contributed by atoms with E-state index in [2.05, 4.69) is 0 Å². The molecule has 0 radical (unpaired) electrons. The topological polar surface area (TPSA) is 46.5 Å². The molecule has 0 saturated heterocycles. The van der Waals surface area contributed by atoms with Crippen molar-refractivity contribution in [1.29, 1.82) is 0 Å². The van der Waals surface area contributed by atoms with Crippen LogP contribution in [-0.4, -0.2) is 18.2 Å². The molecule has 0 bridgehead atoms. The minimum Gasteiger partial charge on any atom is -0.508 e. The molecule has 17 heavy (non-hydrogen) atoms. The van der Waals surface area contributed by atoms with E-state index in [9.17, 15) is 9.90 Å². The van der Waals surface area contributed by atoms with Crippen LogP contribution in [0, 0.1) is 5.92 Å². The minimum atomic E-state index is -0.176. The van der Waals surface area contributed by atoms with E-state index in [4.69, 9.17) is 4.74 Å². The second-order valence-electron chi connectivity index (χ2n) is 4.67. The lowest BCUT2D eigenvalue weighted by Gasteiger charge is -2.33. The molecule has 0 aromatic heterocycles. The number of methoxy groups -OCH3 is 1. The van der Waals surface area contributed by atoms with Crippen molar-refractivity contribution in [3.05, 3.63) is 29.8 Å². The highest BCUT2D eigenvalue weighted by Crippen LogP contribution is 2.41. The number of carbonyl (C=O) groups excluding carboxylic acids is 1. The van der Waals surface area contributed by atoms with Crippen molar-refractivity contribution in [2.45, 2.75) is 31.6 Å². The van der Waals surface area contributed by atoms with Crippen molar-refractivity contribution in [2.75, 3.05) is 7.11 Å². The Morgan fingerprint density at radius 1 is 1.53 bits per heavy atom. The Morgan fingerprint density at radius 3 is 2.82 bits per heavy atom. The number of phenols is 1. The second kappa shape index (κ2) is 5.21. The maximum atomic E-state index is 11.4. The van der Waals surface area contributed by atoms with E-state index in [-0.39, 0.29) is 17.6 Å². The lowest BCUT2D eigenvalue weighted by Crippen LogP contribution is -2.23. The first-order valence-corrected chi connectivity index (χ1v) is 6.06. The van der Waals surface area contributed by atoms with Gasteiger partial charge in [0.05, 0.1) is 13.5 Å². The smallest absolute Gasteiger partial charge is 0.306 e. The van der Waals surface area contributed by atoms with Gasteiger partial charge in [-0.2, -0.15) is 0 Å². The van der Waals surface area contributed by atoms with Crippen LogP contribution in [0.1, 0.15) is 37.2 Å². The van der Waals surface area contributed by atoms with Crippen LogP contribution < -0.4 is 0 Å². The number of phenolic OH excluding ortho intramolecular Hbond substituents is 1. The van der Waals surface area contributed by atoms with Gasteiger partial charge >= 0.3 is 5.97 Å². The fraction of sp³-hybridized carbons (Fsp3) is 0.500. The van der Waals surface area contributed by atoms with Crippen LogP contribution in [0.2, 0.25) is 0 Å². The maximum absolute atomic E-state index is 11.4. The van der Waals surface area contributed by atoms with Crippen LogP contribution in [0.4, 0.5) is 0 Å². The molecule has 0 aliphatic heterocycles. The summed E-state index contributed by atoms with van der Waals surface area (Å²) in [5.74, 6) is 0.820. The van der Waals surface area contributed by atoms with Crippen LogP contribution >= 0.6 is 0 Å². The molecule has 0 spiro atoms. The Bertz CT molecular complexity index is 396. The van der Waals surface area contributed by atoms with Crippen molar-refractivity contribution in [3.8, 4) is 5.75 Å². The van der Waals surface area contributed by atoms with Crippen molar-refractivity contribution in [2.24, 2.45) is 5.92 Å². The SMILES string of the molecule is COC(=O)CC(c1cccc(O)c1)C1CCC1. The molecular formula is C14H18O3. The highest BCUT2D eigenvalue weighted by Gasteiger charge is 2.30. The highest BCUT2D eigenvalue weighted by atomic mass is 16.5. The van der Waals surface area contributed by atoms with E-state index >= 15 is 0 Å². The van der Waals surface area contributed by atoms with Crippen molar-refractivity contribution < 1.29 is 14.6 Å². The molecule has 1 fully saturated rings. The molecule has 0 amide bonds. The zero-order valence-corrected chi connectivity index (χ0v) is 10.1. The zero-order chi connectivity index (χ0) is 12.3. The van der Waals surface area contributed by atoms with Gasteiger partial charge in [0.15, 0.2) is 0 Å². The number of carbonyl (C=O) groups is 1. The summed E-state index contributed by atoms with van der Waals surface area (Å²) in [5.41, 5.74) is 1.04. The van der Waals surface area contributed by atoms with Gasteiger partial charge in [-0.15, -0.1) is 0 Å². The van der Waals surface area contributed by atoms with Gasteiger partial charge in [-0.1, -0.05) is 18.6 Å². The van der Waals surface area contributed by atoms with Crippen molar-refractivity contribution in [1.82, 2.24) is 0 Å². The number of benzene rings is 1. The first-order valence-electron chi connectivity index (χ1n) is 6.06. The Hall–Kier alpha value is -1.51. The largest absolute Gasteiger partial charge is 0.508 e. The lowest BCUT2D eigenvalue weighted by molar-refractivity contribution is -0.141. The number of aromatic hydroxyl groups is 1. The van der Waals surface area contributed by atoms with E-state index in [0.29, 0.717) is 12.3 Å². The number of hydrogen-bond donors (Lipinski definition) is 1. The quantitative estimate of drug-likeness (QED) is 0.815. The summed E-state index contributed by atoms with van der Waals surface area (Å²) in [5, 5.41) is 9.51. The van der Waals surface area contributed by atoms with Gasteiger partial charge in [0.1, 0.15) is 5.75 Å². The molecule has 1 saturated carbocycles. The summed E-state index contributed by atoms with van der Waals surface area (Å²) in [6, 6.07) is 7.21. The molecule has 2 rings (SSSR count). The van der Waals surface area contributed by atoms with Crippen LogP contribution in [0.5, 0.6) is 5.75 Å². The minimum absolute atomic E-state index is 0.176. The Kier molecular flexibility index (Phi) is 3.67. The molecule has 1 aromatic carbocycles. The second-order valence-corrected chi connectivity index (χ2v) is 4.67. The maximum Gasteiger partial charge on any atom is 0.306 e. The molecule has 1 aromatic rings. The van der Waals surface area contributed by atoms with Gasteiger partial charge in [0.25, 0.3) is 0 Å². The summed E-state index contributed by atoms with van der Waals surface area (Å²) in [6.07, 6.45) is 3.97. The molecule has 1 N–H and O–H groups in total. The number of esters is 1. The predicted octanol–water partition coefficient (Wildman–Crippen LogP) is 2.84. The molecule has 1 unspecified atom stereocenters. The van der Waals surface area contributed by atoms with E-state index in [1.54, 1.807) is 12.1 Å². The first kappa shape index (κ1) is 12.0. The normalized spacial score (nSPS) is 17.2. The lowest BCUT2D eigenvalue weighted by atomic mass is 9.71. The Labute approximate surface area is 101 Å². The number of hydrogen-bond acceptors (Lipinski definition) is 3. The summed E-state index contributed by atoms with van der Waals surface area (Å²) in [6.45, 7) is 0. The van der Waals surface area contributed by atoms with Gasteiger partial charge < -0.3 is 9.84 Å². The van der Waals surface area contributed by atoms with E-state index in [1.807, 2.05) is 12.1 Å². The molecule has 0 heterocycles. The molecule has 1 aliphatic rings. The fourth-order valence-electron chi connectivity index (χ4n) is 2.42. The monoisotopic (exact) mass is 234 g/mol. The van der Waals surface area contributed by atoms with Gasteiger partial charge in [0.2, 0.25) is 0 Å². The zero-order valence-electron chi connectivity index (χ0n) is 10.1. The molecule has 3 heteroatoms. The molecule has 1 aliphatic carbocycles. The summed E-state index contributed by atoms with van der Waals surface area (Å²) in [4.78, 5) is 11.4. The molecule has 1 atom stereocenters. The third-order valence-corrected chi connectivity index (χ3v) is 3.63. The Morgan fingerprint density at radius 2 is 2.29 bits per heavy atom. The number of ether oxygens (including phenoxy) is 1. The van der Waals surface area contributed by atoms with E-state index in [1.165, 1.54) is 13.5 Å². The summed E-state index contributed by atoms with van der Waals surface area (Å²) < 4.78 is 4.75. The fourth-order valence-corrected chi connectivity index (χ4v) is 2.42. The third-order valence-electron chi connectivity index (χ3n) is 3.63. The molecule has 92 valence electrons. The predicted molar refractivity (Wildman–Crippen MR) is 64.8 cm³/mol. The Balaban J connectivity index is 2.17. The average molecular weight is 234 g/mol. The van der Waals surface area contributed by atoms with Crippen LogP contribution in [0.25, 0.3) is 0 Å². The highest BCUT2D eigenvalue weighted by molar-refractivity contribution is 5.70. The van der Waals surface area contributed by atoms with Crippen LogP contribution in [0.15, 0.2) is 24.3 Å². The van der Waals surface area contributed by atoms with E-state index < -0.39 is 0 Å². The molecular weight excluding hydrogens is 216 g/mol. The van der Waals surface area contributed by atoms with E-state index in [0.717, 1.165) is 18.4 Å². The average Bonchev–Trinajstić information content (AvgIpc) is 2.25. The van der Waals surface area contributed by atoms with Gasteiger partial charge in [0, 0.05) is 0 Å². The van der Waals surface area contributed by atoms with Gasteiger partial charge in [-0.3, -0.25) is 4.79 Å². The van der Waals surface area contributed by atoms with Crippen LogP contribution in [-0.2, 0) is 9.53 Å². The van der Waals surface area contributed by atoms with Crippen LogP contribution in [0.3, 0.4) is 0 Å². The van der Waals surface area contributed by atoms with Crippen molar-refractivity contribution >= 4 is 5.97 Å². The molecule has 3 nitrogen and oxygen atoms in total. The van der Waals surface area contributed by atoms with Crippen molar-refractivity contribution in [3.63, 3.8) is 0 Å². The first-order chi connectivity index (χ1) is 8.20. The standard InChI is InChI=1S/C14H18O3/c1-17-14(16)9-13(10-4-2-5-10)11-6-3-7-12(15)8-11/h3,6-8,10,13,15H,2,4-5,9H2,1H3. The third kappa shape index (κ3) is 2.78. The summed E-state index contributed by atoms with van der Waals surface area (Å²) in [7, 11) is 1.42.